The van der Waals surface area contributed by atoms with Crippen molar-refractivity contribution in [2.75, 3.05) is 19.6 Å². The number of carbonyl (C=O) groups excluding carboxylic acids is 1. The third-order valence-electron chi connectivity index (χ3n) is 5.12. The SMILES string of the molecule is CC1CCC(NC(=O)CN2CCC(C(C)N)CC2)CC1. The van der Waals surface area contributed by atoms with Crippen molar-refractivity contribution in [2.45, 2.75) is 64.5 Å². The minimum atomic E-state index is 0.212. The molecule has 1 amide bonds. The zero-order valence-electron chi connectivity index (χ0n) is 13.1. The van der Waals surface area contributed by atoms with Gasteiger partial charge in [0.25, 0.3) is 0 Å². The average molecular weight is 281 g/mol. The Kier molecular flexibility index (Phi) is 5.85. The van der Waals surface area contributed by atoms with Crippen LogP contribution < -0.4 is 11.1 Å². The lowest BCUT2D eigenvalue weighted by molar-refractivity contribution is -0.123. The standard InChI is InChI=1S/C16H31N3O/c1-12-3-5-15(6-4-12)18-16(20)11-19-9-7-14(8-10-19)13(2)17/h12-15H,3-11,17H2,1-2H3,(H,18,20). The lowest BCUT2D eigenvalue weighted by Gasteiger charge is -2.34. The van der Waals surface area contributed by atoms with Gasteiger partial charge in [-0.05, 0) is 70.4 Å². The summed E-state index contributed by atoms with van der Waals surface area (Å²) in [5, 5.41) is 3.22. The summed E-state index contributed by atoms with van der Waals surface area (Å²) in [7, 11) is 0. The van der Waals surface area contributed by atoms with Crippen molar-refractivity contribution in [3.63, 3.8) is 0 Å². The third kappa shape index (κ3) is 4.74. The number of carbonyl (C=O) groups is 1. The molecular weight excluding hydrogens is 250 g/mol. The quantitative estimate of drug-likeness (QED) is 0.825. The van der Waals surface area contributed by atoms with E-state index in [0.29, 0.717) is 18.5 Å². The van der Waals surface area contributed by atoms with Gasteiger partial charge in [-0.2, -0.15) is 0 Å². The van der Waals surface area contributed by atoms with E-state index in [2.05, 4.69) is 24.1 Å². The number of hydrogen-bond donors (Lipinski definition) is 2. The second-order valence-corrected chi connectivity index (χ2v) is 7.00. The number of amides is 1. The highest BCUT2D eigenvalue weighted by Crippen LogP contribution is 2.23. The van der Waals surface area contributed by atoms with Crippen molar-refractivity contribution in [3.8, 4) is 0 Å². The maximum atomic E-state index is 12.1. The number of nitrogens with zero attached hydrogens (tertiary/aromatic N) is 1. The fraction of sp³-hybridized carbons (Fsp3) is 0.938. The van der Waals surface area contributed by atoms with Gasteiger partial charge < -0.3 is 11.1 Å². The molecule has 0 aromatic carbocycles. The molecule has 1 atom stereocenters. The molecule has 20 heavy (non-hydrogen) atoms. The van der Waals surface area contributed by atoms with Gasteiger partial charge in [-0.15, -0.1) is 0 Å². The summed E-state index contributed by atoms with van der Waals surface area (Å²) in [4.78, 5) is 14.4. The van der Waals surface area contributed by atoms with Gasteiger partial charge in [0.05, 0.1) is 6.54 Å². The lowest BCUT2D eigenvalue weighted by atomic mass is 9.87. The second-order valence-electron chi connectivity index (χ2n) is 7.00. The van der Waals surface area contributed by atoms with Crippen molar-refractivity contribution in [3.05, 3.63) is 0 Å². The van der Waals surface area contributed by atoms with Gasteiger partial charge >= 0.3 is 0 Å². The van der Waals surface area contributed by atoms with Gasteiger partial charge in [-0.25, -0.2) is 0 Å². The molecule has 2 fully saturated rings. The summed E-state index contributed by atoms with van der Waals surface area (Å²) in [6.45, 7) is 7.00. The Labute approximate surface area is 123 Å². The van der Waals surface area contributed by atoms with E-state index >= 15 is 0 Å². The highest BCUT2D eigenvalue weighted by molar-refractivity contribution is 5.78. The van der Waals surface area contributed by atoms with E-state index in [4.69, 9.17) is 5.73 Å². The molecule has 1 saturated carbocycles. The number of hydrogen-bond acceptors (Lipinski definition) is 3. The van der Waals surface area contributed by atoms with Crippen LogP contribution in [0.2, 0.25) is 0 Å². The van der Waals surface area contributed by atoms with Crippen LogP contribution in [0.3, 0.4) is 0 Å². The molecule has 4 heteroatoms. The minimum Gasteiger partial charge on any atom is -0.352 e. The van der Waals surface area contributed by atoms with Crippen molar-refractivity contribution >= 4 is 5.91 Å². The molecule has 1 heterocycles. The van der Waals surface area contributed by atoms with Crippen molar-refractivity contribution in [1.82, 2.24) is 10.2 Å². The van der Waals surface area contributed by atoms with Gasteiger partial charge in [0.2, 0.25) is 5.91 Å². The first-order chi connectivity index (χ1) is 9.54. The molecule has 0 aromatic rings. The Hall–Kier alpha value is -0.610. The summed E-state index contributed by atoms with van der Waals surface area (Å²) < 4.78 is 0. The van der Waals surface area contributed by atoms with Gasteiger partial charge in [0, 0.05) is 12.1 Å². The predicted octanol–water partition coefficient (Wildman–Crippen LogP) is 1.74. The highest BCUT2D eigenvalue weighted by atomic mass is 16.2. The van der Waals surface area contributed by atoms with Crippen LogP contribution in [-0.4, -0.2) is 42.5 Å². The molecule has 116 valence electrons. The molecule has 1 aliphatic heterocycles. The van der Waals surface area contributed by atoms with Gasteiger partial charge in [-0.1, -0.05) is 6.92 Å². The van der Waals surface area contributed by atoms with Crippen LogP contribution in [-0.2, 0) is 4.79 Å². The van der Waals surface area contributed by atoms with Gasteiger partial charge in [0.1, 0.15) is 0 Å². The first kappa shape index (κ1) is 15.8. The molecule has 4 nitrogen and oxygen atoms in total. The van der Waals surface area contributed by atoms with E-state index in [0.717, 1.165) is 44.7 Å². The van der Waals surface area contributed by atoms with Crippen molar-refractivity contribution in [1.29, 1.82) is 0 Å². The Morgan fingerprint density at radius 3 is 2.35 bits per heavy atom. The Morgan fingerprint density at radius 1 is 1.20 bits per heavy atom. The van der Waals surface area contributed by atoms with Crippen LogP contribution in [0, 0.1) is 11.8 Å². The van der Waals surface area contributed by atoms with Gasteiger partial charge in [0.15, 0.2) is 0 Å². The second kappa shape index (κ2) is 7.41. The van der Waals surface area contributed by atoms with E-state index in [1.807, 2.05) is 0 Å². The lowest BCUT2D eigenvalue weighted by Crippen LogP contribution is -2.46. The zero-order valence-corrected chi connectivity index (χ0v) is 13.1. The molecule has 0 aromatic heterocycles. The Balaban J connectivity index is 1.65. The maximum absolute atomic E-state index is 12.1. The van der Waals surface area contributed by atoms with Crippen LogP contribution >= 0.6 is 0 Å². The number of nitrogens with one attached hydrogen (secondary N) is 1. The molecule has 1 unspecified atom stereocenters. The monoisotopic (exact) mass is 281 g/mol. The fourth-order valence-corrected chi connectivity index (χ4v) is 3.52. The fourth-order valence-electron chi connectivity index (χ4n) is 3.52. The highest BCUT2D eigenvalue weighted by Gasteiger charge is 2.24. The van der Waals surface area contributed by atoms with Crippen LogP contribution in [0.15, 0.2) is 0 Å². The van der Waals surface area contributed by atoms with Crippen molar-refractivity contribution in [2.24, 2.45) is 17.6 Å². The van der Waals surface area contributed by atoms with E-state index in [1.54, 1.807) is 0 Å². The minimum absolute atomic E-state index is 0.212. The first-order valence-corrected chi connectivity index (χ1v) is 8.32. The van der Waals surface area contributed by atoms with Crippen LogP contribution in [0.4, 0.5) is 0 Å². The van der Waals surface area contributed by atoms with Crippen LogP contribution in [0.25, 0.3) is 0 Å². The molecule has 0 radical (unpaired) electrons. The summed E-state index contributed by atoms with van der Waals surface area (Å²) in [5.74, 6) is 1.68. The molecule has 1 aliphatic carbocycles. The predicted molar refractivity (Wildman–Crippen MR) is 82.4 cm³/mol. The van der Waals surface area contributed by atoms with Crippen LogP contribution in [0.1, 0.15) is 52.4 Å². The van der Waals surface area contributed by atoms with Crippen molar-refractivity contribution < 1.29 is 4.79 Å². The molecule has 0 bridgehead atoms. The molecular formula is C16H31N3O. The summed E-state index contributed by atoms with van der Waals surface area (Å²) in [5.41, 5.74) is 5.95. The average Bonchev–Trinajstić information content (AvgIpc) is 2.42. The maximum Gasteiger partial charge on any atom is 0.234 e. The first-order valence-electron chi connectivity index (χ1n) is 8.32. The number of likely N-dealkylation sites (tertiary alicyclic amines) is 1. The Morgan fingerprint density at radius 2 is 1.80 bits per heavy atom. The number of piperidine rings is 1. The third-order valence-corrected chi connectivity index (χ3v) is 5.12. The molecule has 0 spiro atoms. The largest absolute Gasteiger partial charge is 0.352 e. The normalized spacial score (nSPS) is 30.9. The van der Waals surface area contributed by atoms with E-state index in [-0.39, 0.29) is 11.9 Å². The van der Waals surface area contributed by atoms with Gasteiger partial charge in [-0.3, -0.25) is 9.69 Å². The summed E-state index contributed by atoms with van der Waals surface area (Å²) >= 11 is 0. The van der Waals surface area contributed by atoms with E-state index < -0.39 is 0 Å². The summed E-state index contributed by atoms with van der Waals surface area (Å²) in [6, 6.07) is 0.704. The molecule has 2 aliphatic rings. The zero-order chi connectivity index (χ0) is 14.5. The van der Waals surface area contributed by atoms with E-state index in [1.165, 1.54) is 12.8 Å². The molecule has 2 rings (SSSR count). The summed E-state index contributed by atoms with van der Waals surface area (Å²) in [6.07, 6.45) is 7.08. The Bertz CT molecular complexity index is 303. The smallest absolute Gasteiger partial charge is 0.234 e. The topological polar surface area (TPSA) is 58.4 Å². The number of nitrogens with two attached hydrogens (primary N) is 1. The molecule has 3 N–H and O–H groups in total. The van der Waals surface area contributed by atoms with E-state index in [9.17, 15) is 4.79 Å². The number of rotatable bonds is 4. The molecule has 1 saturated heterocycles. The van der Waals surface area contributed by atoms with Crippen LogP contribution in [0.5, 0.6) is 0 Å².